The highest BCUT2D eigenvalue weighted by molar-refractivity contribution is 5.66. The maximum atomic E-state index is 9.37. The summed E-state index contributed by atoms with van der Waals surface area (Å²) in [6.07, 6.45) is 14.0. The number of anilines is 1. The molecule has 1 fully saturated rings. The first-order chi connectivity index (χ1) is 11.5. The lowest BCUT2D eigenvalue weighted by molar-refractivity contribution is -0.136. The number of rotatable bonds is 3. The molecule has 24 heavy (non-hydrogen) atoms. The zero-order chi connectivity index (χ0) is 18.0. The Kier molecular flexibility index (Phi) is 8.44. The Bertz CT molecular complexity index is 546. The third-order valence-electron chi connectivity index (χ3n) is 4.75. The minimum absolute atomic E-state index is 0.222. The van der Waals surface area contributed by atoms with Crippen molar-refractivity contribution in [3.05, 3.63) is 23.7 Å². The molecule has 1 aromatic heterocycles. The van der Waals surface area contributed by atoms with E-state index in [0.29, 0.717) is 0 Å². The van der Waals surface area contributed by atoms with Crippen LogP contribution in [0.2, 0.25) is 0 Å². The molecule has 1 saturated carbocycles. The number of aryl methyl sites for hydroxylation is 1. The van der Waals surface area contributed by atoms with E-state index >= 15 is 0 Å². The Morgan fingerprint density at radius 1 is 1.33 bits per heavy atom. The van der Waals surface area contributed by atoms with E-state index in [1.165, 1.54) is 25.7 Å². The third kappa shape index (κ3) is 6.30. The molecule has 5 nitrogen and oxygen atoms in total. The van der Waals surface area contributed by atoms with Crippen LogP contribution in [-0.4, -0.2) is 28.1 Å². The van der Waals surface area contributed by atoms with Gasteiger partial charge in [-0.05, 0) is 31.1 Å². The zero-order valence-corrected chi connectivity index (χ0v) is 15.4. The van der Waals surface area contributed by atoms with Crippen molar-refractivity contribution in [1.82, 2.24) is 9.97 Å². The third-order valence-corrected chi connectivity index (χ3v) is 4.75. The normalized spacial score (nSPS) is 16.3. The van der Waals surface area contributed by atoms with Crippen LogP contribution in [0.1, 0.15) is 70.6 Å². The molecular formula is C19H31N3O2. The van der Waals surface area contributed by atoms with Crippen LogP contribution in [0.5, 0.6) is 0 Å². The Morgan fingerprint density at radius 2 is 2.00 bits per heavy atom. The maximum Gasteiger partial charge on any atom is 0.303 e. The summed E-state index contributed by atoms with van der Waals surface area (Å²) < 4.78 is 0. The monoisotopic (exact) mass is 333 g/mol. The van der Waals surface area contributed by atoms with E-state index in [1.807, 2.05) is 7.05 Å². The summed E-state index contributed by atoms with van der Waals surface area (Å²) in [5.74, 6) is 0.181. The zero-order valence-electron chi connectivity index (χ0n) is 15.4. The van der Waals surface area contributed by atoms with Crippen LogP contribution in [0.25, 0.3) is 6.08 Å². The fourth-order valence-corrected chi connectivity index (χ4v) is 2.56. The first-order valence-electron chi connectivity index (χ1n) is 8.85. The molecule has 0 radical (unpaired) electrons. The highest BCUT2D eigenvalue weighted by atomic mass is 16.4. The molecule has 1 heterocycles. The van der Waals surface area contributed by atoms with Crippen molar-refractivity contribution in [2.75, 3.05) is 12.4 Å². The largest absolute Gasteiger partial charge is 0.481 e. The van der Waals surface area contributed by atoms with Crippen LogP contribution in [0.4, 0.5) is 5.82 Å². The van der Waals surface area contributed by atoms with Gasteiger partial charge in [-0.2, -0.15) is 0 Å². The molecule has 0 spiro atoms. The number of hydrogen-bond donors (Lipinski definition) is 2. The summed E-state index contributed by atoms with van der Waals surface area (Å²) in [6.45, 7) is 6.28. The molecule has 5 heteroatoms. The second-order valence-electron chi connectivity index (χ2n) is 6.54. The van der Waals surface area contributed by atoms with Crippen LogP contribution in [0, 0.1) is 5.41 Å². The summed E-state index contributed by atoms with van der Waals surface area (Å²) in [5, 5.41) is 10.8. The molecule has 2 aliphatic rings. The summed E-state index contributed by atoms with van der Waals surface area (Å²) in [4.78, 5) is 17.7. The minimum Gasteiger partial charge on any atom is -0.481 e. The summed E-state index contributed by atoms with van der Waals surface area (Å²) >= 11 is 0. The van der Waals surface area contributed by atoms with E-state index < -0.39 is 5.97 Å². The topological polar surface area (TPSA) is 75.1 Å². The molecule has 2 aliphatic carbocycles. The van der Waals surface area contributed by atoms with Gasteiger partial charge in [-0.3, -0.25) is 4.79 Å². The average Bonchev–Trinajstić information content (AvgIpc) is 2.60. The highest BCUT2D eigenvalue weighted by Gasteiger charge is 2.28. The van der Waals surface area contributed by atoms with E-state index in [9.17, 15) is 4.79 Å². The SMILES string of the molecule is CCC(=O)O.CCC1(C)CCC1.CNc1ncnc2c1C=CCC2. The van der Waals surface area contributed by atoms with E-state index in [1.54, 1.807) is 13.3 Å². The Hall–Kier alpha value is -1.91. The van der Waals surface area contributed by atoms with Gasteiger partial charge < -0.3 is 10.4 Å². The van der Waals surface area contributed by atoms with Crippen molar-refractivity contribution < 1.29 is 9.90 Å². The van der Waals surface area contributed by atoms with Crippen LogP contribution >= 0.6 is 0 Å². The molecule has 0 aliphatic heterocycles. The van der Waals surface area contributed by atoms with Gasteiger partial charge in [0.15, 0.2) is 0 Å². The summed E-state index contributed by atoms with van der Waals surface area (Å²) in [6, 6.07) is 0. The Labute approximate surface area is 145 Å². The number of carboxylic acid groups (broad SMARTS) is 1. The number of nitrogens with zero attached hydrogens (tertiary/aromatic N) is 2. The van der Waals surface area contributed by atoms with Crippen molar-refractivity contribution in [3.63, 3.8) is 0 Å². The second-order valence-corrected chi connectivity index (χ2v) is 6.54. The van der Waals surface area contributed by atoms with Crippen molar-refractivity contribution >= 4 is 17.9 Å². The molecule has 0 amide bonds. The van der Waals surface area contributed by atoms with E-state index in [2.05, 4.69) is 41.3 Å². The number of aromatic nitrogens is 2. The number of hydrogen-bond acceptors (Lipinski definition) is 4. The van der Waals surface area contributed by atoms with E-state index in [0.717, 1.165) is 35.3 Å². The van der Waals surface area contributed by atoms with Gasteiger partial charge in [-0.1, -0.05) is 45.8 Å². The maximum absolute atomic E-state index is 9.37. The number of nitrogens with one attached hydrogen (secondary N) is 1. The van der Waals surface area contributed by atoms with E-state index in [4.69, 9.17) is 5.11 Å². The number of fused-ring (bicyclic) bond motifs is 1. The van der Waals surface area contributed by atoms with Crippen LogP contribution in [-0.2, 0) is 11.2 Å². The molecule has 2 N–H and O–H groups in total. The standard InChI is InChI=1S/C9H11N3.C7H14.C3H6O2/c1-10-9-7-4-2-3-5-8(7)11-6-12-9;1-3-7(2)5-4-6-7;1-2-3(4)5/h2,4,6H,3,5H2,1H3,(H,10,11,12);3-6H2,1-2H3;2H2,1H3,(H,4,5). The molecule has 3 rings (SSSR count). The number of carboxylic acids is 1. The molecule has 0 bridgehead atoms. The van der Waals surface area contributed by atoms with E-state index in [-0.39, 0.29) is 6.42 Å². The van der Waals surface area contributed by atoms with Gasteiger partial charge in [-0.25, -0.2) is 9.97 Å². The predicted octanol–water partition coefficient (Wildman–Crippen LogP) is 4.55. The molecule has 134 valence electrons. The molecule has 0 atom stereocenters. The van der Waals surface area contributed by atoms with Crippen LogP contribution < -0.4 is 5.32 Å². The van der Waals surface area contributed by atoms with Gasteiger partial charge in [0, 0.05) is 19.0 Å². The molecular weight excluding hydrogens is 302 g/mol. The molecule has 0 saturated heterocycles. The summed E-state index contributed by atoms with van der Waals surface area (Å²) in [7, 11) is 1.88. The Balaban J connectivity index is 0.000000205. The first-order valence-corrected chi connectivity index (χ1v) is 8.85. The van der Waals surface area contributed by atoms with Crippen molar-refractivity contribution in [2.24, 2.45) is 5.41 Å². The summed E-state index contributed by atoms with van der Waals surface area (Å²) in [5.41, 5.74) is 3.06. The average molecular weight is 333 g/mol. The lowest BCUT2D eigenvalue weighted by Crippen LogP contribution is -2.23. The molecule has 1 aromatic rings. The second kappa shape index (κ2) is 10.1. The number of aliphatic carboxylic acids is 1. The number of allylic oxidation sites excluding steroid dienone is 1. The minimum atomic E-state index is -0.745. The fourth-order valence-electron chi connectivity index (χ4n) is 2.56. The van der Waals surface area contributed by atoms with Gasteiger partial charge in [0.1, 0.15) is 12.1 Å². The van der Waals surface area contributed by atoms with Gasteiger partial charge >= 0.3 is 5.97 Å². The van der Waals surface area contributed by atoms with Crippen LogP contribution in [0.15, 0.2) is 12.4 Å². The van der Waals surface area contributed by atoms with Gasteiger partial charge in [-0.15, -0.1) is 0 Å². The first kappa shape index (κ1) is 20.1. The van der Waals surface area contributed by atoms with Gasteiger partial charge in [0.05, 0.1) is 5.69 Å². The van der Waals surface area contributed by atoms with Crippen molar-refractivity contribution in [1.29, 1.82) is 0 Å². The van der Waals surface area contributed by atoms with Gasteiger partial charge in [0.25, 0.3) is 0 Å². The van der Waals surface area contributed by atoms with Crippen molar-refractivity contribution in [2.45, 2.75) is 65.7 Å². The lowest BCUT2D eigenvalue weighted by atomic mass is 9.69. The fraction of sp³-hybridized carbons (Fsp3) is 0.632. The molecule has 0 unspecified atom stereocenters. The predicted molar refractivity (Wildman–Crippen MR) is 99.1 cm³/mol. The van der Waals surface area contributed by atoms with Crippen molar-refractivity contribution in [3.8, 4) is 0 Å². The van der Waals surface area contributed by atoms with Gasteiger partial charge in [0.2, 0.25) is 0 Å². The highest BCUT2D eigenvalue weighted by Crippen LogP contribution is 2.42. The molecule has 0 aromatic carbocycles. The van der Waals surface area contributed by atoms with Crippen LogP contribution in [0.3, 0.4) is 0 Å². The Morgan fingerprint density at radius 3 is 2.42 bits per heavy atom. The smallest absolute Gasteiger partial charge is 0.303 e. The quantitative estimate of drug-likeness (QED) is 0.849. The number of carbonyl (C=O) groups is 1. The lowest BCUT2D eigenvalue weighted by Gasteiger charge is -2.37.